The van der Waals surface area contributed by atoms with Gasteiger partial charge in [0.25, 0.3) is 0 Å². The van der Waals surface area contributed by atoms with E-state index in [1.54, 1.807) is 0 Å². The average molecular weight is 613 g/mol. The fourth-order valence-corrected chi connectivity index (χ4v) is 7.43. The highest BCUT2D eigenvalue weighted by molar-refractivity contribution is 6.24. The van der Waals surface area contributed by atoms with Gasteiger partial charge in [0.1, 0.15) is 0 Å². The first kappa shape index (κ1) is 29.4. The summed E-state index contributed by atoms with van der Waals surface area (Å²) in [7, 11) is 0. The van der Waals surface area contributed by atoms with Crippen LogP contribution in [-0.4, -0.2) is 0 Å². The smallest absolute Gasteiger partial charge is 0.00199 e. The molecule has 0 radical (unpaired) electrons. The normalized spacial score (nSPS) is 11.1. The fourth-order valence-electron chi connectivity index (χ4n) is 7.43. The van der Waals surface area contributed by atoms with Crippen molar-refractivity contribution < 1.29 is 0 Å². The molecule has 0 saturated carbocycles. The molecule has 0 aliphatic heterocycles. The number of hydrogen-bond donors (Lipinski definition) is 0. The summed E-state index contributed by atoms with van der Waals surface area (Å²) in [5.74, 6) is 0. The zero-order valence-electron chi connectivity index (χ0n) is 27.3. The molecule has 0 fully saturated rings. The van der Waals surface area contributed by atoms with Crippen LogP contribution in [0.1, 0.15) is 13.8 Å². The average Bonchev–Trinajstić information content (AvgIpc) is 3.17. The van der Waals surface area contributed by atoms with Crippen LogP contribution < -0.4 is 0 Å². The standard InChI is InChI=1S/C46H30.C2H6/c1-3-14-31(15-4-1)35-23-12-26-39-37(24-13-25-38(35)39)34-28-29-43-44(30-34)46(40-27-11-19-32-16-7-8-20-36(32)40)42-22-10-9-21-41(42)45(43)33-17-5-2-6-18-33;1-2/h1-30H;1-2H3. The van der Waals surface area contributed by atoms with Gasteiger partial charge in [-0.3, -0.25) is 0 Å². The van der Waals surface area contributed by atoms with Crippen LogP contribution in [-0.2, 0) is 0 Å². The van der Waals surface area contributed by atoms with Gasteiger partial charge in [-0.05, 0) is 93.7 Å². The Morgan fingerprint density at radius 1 is 0.250 bits per heavy atom. The summed E-state index contributed by atoms with van der Waals surface area (Å²) in [6, 6.07) is 66.5. The Morgan fingerprint density at radius 2 is 0.708 bits per heavy atom. The molecule has 228 valence electrons. The fraction of sp³-hybridized carbons (Fsp3) is 0.0417. The van der Waals surface area contributed by atoms with Crippen molar-refractivity contribution in [1.29, 1.82) is 0 Å². The van der Waals surface area contributed by atoms with Crippen molar-refractivity contribution in [3.63, 3.8) is 0 Å². The Kier molecular flexibility index (Phi) is 7.76. The van der Waals surface area contributed by atoms with E-state index in [0.717, 1.165) is 0 Å². The molecule has 0 spiro atoms. The highest BCUT2D eigenvalue weighted by atomic mass is 14.2. The van der Waals surface area contributed by atoms with Gasteiger partial charge in [0.05, 0.1) is 0 Å². The highest BCUT2D eigenvalue weighted by Crippen LogP contribution is 2.47. The Balaban J connectivity index is 0.00000165. The lowest BCUT2D eigenvalue weighted by atomic mass is 9.83. The third kappa shape index (κ3) is 4.94. The molecule has 0 atom stereocenters. The summed E-state index contributed by atoms with van der Waals surface area (Å²) in [6.45, 7) is 4.00. The zero-order valence-corrected chi connectivity index (χ0v) is 27.3. The van der Waals surface area contributed by atoms with Crippen LogP contribution in [0.15, 0.2) is 182 Å². The maximum absolute atomic E-state index is 2.44. The van der Waals surface area contributed by atoms with Crippen molar-refractivity contribution in [3.05, 3.63) is 182 Å². The van der Waals surface area contributed by atoms with Crippen molar-refractivity contribution in [2.75, 3.05) is 0 Å². The topological polar surface area (TPSA) is 0 Å². The molecule has 48 heavy (non-hydrogen) atoms. The van der Waals surface area contributed by atoms with Crippen molar-refractivity contribution in [1.82, 2.24) is 0 Å². The van der Waals surface area contributed by atoms with Crippen molar-refractivity contribution >= 4 is 43.1 Å². The lowest BCUT2D eigenvalue weighted by Gasteiger charge is -2.20. The van der Waals surface area contributed by atoms with E-state index in [0.29, 0.717) is 0 Å². The van der Waals surface area contributed by atoms with Gasteiger partial charge in [-0.15, -0.1) is 0 Å². The largest absolute Gasteiger partial charge is 0.0683 e. The number of benzene rings is 9. The predicted molar refractivity (Wildman–Crippen MR) is 210 cm³/mol. The molecule has 0 N–H and O–H groups in total. The van der Waals surface area contributed by atoms with E-state index in [-0.39, 0.29) is 0 Å². The summed E-state index contributed by atoms with van der Waals surface area (Å²) in [6.07, 6.45) is 0. The first-order valence-corrected chi connectivity index (χ1v) is 16.9. The SMILES string of the molecule is CC.c1ccc(-c2cccc3c(-c4ccc5c(-c6ccccc6)c6ccccc6c(-c6cccc7ccccc67)c5c4)cccc23)cc1. The Labute approximate surface area is 282 Å². The number of hydrogen-bond acceptors (Lipinski definition) is 0. The molecule has 0 amide bonds. The van der Waals surface area contributed by atoms with E-state index in [4.69, 9.17) is 0 Å². The predicted octanol–water partition coefficient (Wildman–Crippen LogP) is 14.0. The monoisotopic (exact) mass is 612 g/mol. The van der Waals surface area contributed by atoms with Crippen LogP contribution in [0.3, 0.4) is 0 Å². The second-order valence-corrected chi connectivity index (χ2v) is 12.0. The highest BCUT2D eigenvalue weighted by Gasteiger charge is 2.19. The van der Waals surface area contributed by atoms with E-state index in [9.17, 15) is 0 Å². The molecule has 9 aromatic rings. The van der Waals surface area contributed by atoms with Gasteiger partial charge in [0.15, 0.2) is 0 Å². The molecule has 0 heteroatoms. The lowest BCUT2D eigenvalue weighted by Crippen LogP contribution is -1.93. The van der Waals surface area contributed by atoms with Crippen LogP contribution in [0.4, 0.5) is 0 Å². The first-order valence-electron chi connectivity index (χ1n) is 16.9. The van der Waals surface area contributed by atoms with Crippen LogP contribution in [0, 0.1) is 0 Å². The van der Waals surface area contributed by atoms with Gasteiger partial charge < -0.3 is 0 Å². The summed E-state index contributed by atoms with van der Waals surface area (Å²) in [5.41, 5.74) is 10.0. The molecular weight excluding hydrogens is 577 g/mol. The van der Waals surface area contributed by atoms with Gasteiger partial charge >= 0.3 is 0 Å². The van der Waals surface area contributed by atoms with Gasteiger partial charge in [0.2, 0.25) is 0 Å². The number of fused-ring (bicyclic) bond motifs is 4. The van der Waals surface area contributed by atoms with E-state index < -0.39 is 0 Å². The minimum atomic E-state index is 1.22. The summed E-state index contributed by atoms with van der Waals surface area (Å²) < 4.78 is 0. The molecule has 9 aromatic carbocycles. The Hall–Kier alpha value is -5.98. The first-order chi connectivity index (χ1) is 23.8. The Morgan fingerprint density at radius 3 is 1.40 bits per heavy atom. The minimum absolute atomic E-state index is 1.22. The van der Waals surface area contributed by atoms with E-state index >= 15 is 0 Å². The molecule has 0 unspecified atom stereocenters. The maximum Gasteiger partial charge on any atom is -0.00199 e. The Bertz CT molecular complexity index is 2550. The van der Waals surface area contributed by atoms with E-state index in [1.807, 2.05) is 13.8 Å². The molecule has 0 bridgehead atoms. The van der Waals surface area contributed by atoms with Gasteiger partial charge in [-0.25, -0.2) is 0 Å². The van der Waals surface area contributed by atoms with E-state index in [2.05, 4.69) is 182 Å². The van der Waals surface area contributed by atoms with Gasteiger partial charge in [-0.1, -0.05) is 190 Å². The van der Waals surface area contributed by atoms with Crippen LogP contribution in [0.5, 0.6) is 0 Å². The van der Waals surface area contributed by atoms with Crippen molar-refractivity contribution in [2.45, 2.75) is 13.8 Å². The molecule has 9 rings (SSSR count). The second kappa shape index (κ2) is 12.7. The molecule has 0 saturated heterocycles. The van der Waals surface area contributed by atoms with Crippen molar-refractivity contribution in [2.24, 2.45) is 0 Å². The van der Waals surface area contributed by atoms with Gasteiger partial charge in [0, 0.05) is 0 Å². The number of rotatable bonds is 4. The quantitative estimate of drug-likeness (QED) is 0.173. The third-order valence-electron chi connectivity index (χ3n) is 9.46. The summed E-state index contributed by atoms with van der Waals surface area (Å²) in [4.78, 5) is 0. The maximum atomic E-state index is 2.44. The van der Waals surface area contributed by atoms with Crippen LogP contribution >= 0.6 is 0 Å². The molecule has 0 aliphatic carbocycles. The van der Waals surface area contributed by atoms with Crippen molar-refractivity contribution in [3.8, 4) is 44.5 Å². The molecule has 0 aliphatic rings. The molecule has 0 aromatic heterocycles. The summed E-state index contributed by atoms with van der Waals surface area (Å²) >= 11 is 0. The van der Waals surface area contributed by atoms with E-state index in [1.165, 1.54) is 87.6 Å². The zero-order chi connectivity index (χ0) is 32.5. The molecule has 0 heterocycles. The molecule has 0 nitrogen and oxygen atoms in total. The minimum Gasteiger partial charge on any atom is -0.0683 e. The molecular formula is C48H36. The van der Waals surface area contributed by atoms with Gasteiger partial charge in [-0.2, -0.15) is 0 Å². The third-order valence-corrected chi connectivity index (χ3v) is 9.46. The lowest BCUT2D eigenvalue weighted by molar-refractivity contribution is 1.50. The summed E-state index contributed by atoms with van der Waals surface area (Å²) in [5, 5.41) is 10.1. The second-order valence-electron chi connectivity index (χ2n) is 12.0. The van der Waals surface area contributed by atoms with Crippen LogP contribution in [0.25, 0.3) is 87.6 Å². The van der Waals surface area contributed by atoms with Crippen LogP contribution in [0.2, 0.25) is 0 Å².